The summed E-state index contributed by atoms with van der Waals surface area (Å²) in [6, 6.07) is 6.17. The van der Waals surface area contributed by atoms with Gasteiger partial charge in [-0.15, -0.1) is 0 Å². The van der Waals surface area contributed by atoms with Gasteiger partial charge in [0.15, 0.2) is 0 Å². The molecule has 102 valence electrons. The lowest BCUT2D eigenvalue weighted by Crippen LogP contribution is -2.31. The molecule has 3 N–H and O–H groups in total. The van der Waals surface area contributed by atoms with Crippen molar-refractivity contribution in [3.8, 4) is 0 Å². The zero-order chi connectivity index (χ0) is 13.8. The molecule has 0 aliphatic carbocycles. The number of hydrogen-bond donors (Lipinski definition) is 2. The van der Waals surface area contributed by atoms with E-state index in [0.29, 0.717) is 18.0 Å². The first-order chi connectivity index (χ1) is 9.15. The first-order valence-corrected chi connectivity index (χ1v) is 6.45. The Kier molecular flexibility index (Phi) is 4.52. The Morgan fingerprint density at radius 1 is 1.42 bits per heavy atom. The topological polar surface area (TPSA) is 55.9 Å². The summed E-state index contributed by atoms with van der Waals surface area (Å²) in [6.45, 7) is 2.70. The van der Waals surface area contributed by atoms with Crippen LogP contribution in [0.4, 0.5) is 4.39 Å². The van der Waals surface area contributed by atoms with Gasteiger partial charge >= 0.3 is 0 Å². The van der Waals surface area contributed by atoms with Crippen LogP contribution in [-0.4, -0.2) is 9.78 Å². The average molecular weight is 283 g/mol. The molecule has 0 aliphatic heterocycles. The van der Waals surface area contributed by atoms with Gasteiger partial charge < -0.3 is 0 Å². The van der Waals surface area contributed by atoms with Gasteiger partial charge in [0, 0.05) is 6.54 Å². The van der Waals surface area contributed by atoms with E-state index in [1.54, 1.807) is 23.0 Å². The number of aryl methyl sites for hydroxylation is 1. The van der Waals surface area contributed by atoms with Crippen LogP contribution in [0, 0.1) is 5.82 Å². The minimum absolute atomic E-state index is 0.166. The fourth-order valence-corrected chi connectivity index (χ4v) is 2.33. The summed E-state index contributed by atoms with van der Waals surface area (Å²) in [5, 5.41) is 4.76. The predicted octanol–water partition coefficient (Wildman–Crippen LogP) is 2.44. The van der Waals surface area contributed by atoms with Crippen LogP contribution in [0.2, 0.25) is 5.02 Å². The van der Waals surface area contributed by atoms with Gasteiger partial charge in [0.2, 0.25) is 0 Å². The Labute approximate surface area is 116 Å². The molecule has 0 spiro atoms. The van der Waals surface area contributed by atoms with E-state index in [1.807, 2.05) is 6.92 Å². The third kappa shape index (κ3) is 3.12. The summed E-state index contributed by atoms with van der Waals surface area (Å²) in [5.41, 5.74) is 4.56. The second kappa shape index (κ2) is 6.14. The van der Waals surface area contributed by atoms with Crippen LogP contribution in [0.15, 0.2) is 30.5 Å². The van der Waals surface area contributed by atoms with Crippen molar-refractivity contribution in [3.63, 3.8) is 0 Å². The van der Waals surface area contributed by atoms with Crippen LogP contribution in [0.25, 0.3) is 0 Å². The molecule has 2 aromatic rings. The van der Waals surface area contributed by atoms with E-state index < -0.39 is 0 Å². The quantitative estimate of drug-likeness (QED) is 0.654. The number of nitrogens with two attached hydrogens (primary N) is 1. The van der Waals surface area contributed by atoms with Crippen LogP contribution >= 0.6 is 11.6 Å². The lowest BCUT2D eigenvalue weighted by Gasteiger charge is -2.18. The normalized spacial score (nSPS) is 12.6. The molecule has 1 unspecified atom stereocenters. The molecule has 19 heavy (non-hydrogen) atoms. The van der Waals surface area contributed by atoms with E-state index in [-0.39, 0.29) is 11.9 Å². The maximum atomic E-state index is 12.9. The molecule has 6 heteroatoms. The van der Waals surface area contributed by atoms with Crippen molar-refractivity contribution < 1.29 is 4.39 Å². The van der Waals surface area contributed by atoms with Gasteiger partial charge in [-0.1, -0.05) is 23.7 Å². The molecule has 0 aliphatic rings. The molecular formula is C13H16ClFN4. The van der Waals surface area contributed by atoms with Crippen LogP contribution < -0.4 is 11.3 Å². The molecule has 0 saturated carbocycles. The zero-order valence-corrected chi connectivity index (χ0v) is 11.4. The van der Waals surface area contributed by atoms with E-state index in [2.05, 4.69) is 10.5 Å². The minimum Gasteiger partial charge on any atom is -0.271 e. The van der Waals surface area contributed by atoms with Gasteiger partial charge in [-0.05, 0) is 31.0 Å². The number of aromatic nitrogens is 2. The first-order valence-electron chi connectivity index (χ1n) is 6.07. The zero-order valence-electron chi connectivity index (χ0n) is 10.6. The van der Waals surface area contributed by atoms with Gasteiger partial charge in [-0.3, -0.25) is 16.0 Å². The second-order valence-corrected chi connectivity index (χ2v) is 4.65. The van der Waals surface area contributed by atoms with Crippen LogP contribution in [0.5, 0.6) is 0 Å². The number of nitrogens with zero attached hydrogens (tertiary/aromatic N) is 2. The predicted molar refractivity (Wildman–Crippen MR) is 73.1 cm³/mol. The van der Waals surface area contributed by atoms with Crippen LogP contribution in [0.1, 0.15) is 24.2 Å². The van der Waals surface area contributed by atoms with E-state index in [9.17, 15) is 4.39 Å². The lowest BCUT2D eigenvalue weighted by molar-refractivity contribution is 0.490. The highest BCUT2D eigenvalue weighted by Crippen LogP contribution is 2.25. The van der Waals surface area contributed by atoms with Crippen molar-refractivity contribution in [2.24, 2.45) is 5.84 Å². The molecule has 1 aromatic carbocycles. The molecule has 1 aromatic heterocycles. The molecule has 0 radical (unpaired) electrons. The maximum absolute atomic E-state index is 12.9. The summed E-state index contributed by atoms with van der Waals surface area (Å²) < 4.78 is 14.7. The fourth-order valence-electron chi connectivity index (χ4n) is 2.06. The molecule has 0 amide bonds. The number of nitrogens with one attached hydrogen (secondary N) is 1. The molecule has 4 nitrogen and oxygen atoms in total. The van der Waals surface area contributed by atoms with Crippen LogP contribution in [0.3, 0.4) is 0 Å². The molecule has 0 bridgehead atoms. The van der Waals surface area contributed by atoms with Gasteiger partial charge in [0.05, 0.1) is 23.0 Å². The Balaban J connectivity index is 2.24. The third-order valence-electron chi connectivity index (χ3n) is 3.02. The SMILES string of the molecule is CCn1ncc(Cl)c1C(Cc1ccc(F)cc1)NN. The average Bonchev–Trinajstić information content (AvgIpc) is 2.79. The second-order valence-electron chi connectivity index (χ2n) is 4.24. The molecule has 1 heterocycles. The highest BCUT2D eigenvalue weighted by atomic mass is 35.5. The molecule has 0 saturated heterocycles. The van der Waals surface area contributed by atoms with E-state index >= 15 is 0 Å². The number of hydrogen-bond acceptors (Lipinski definition) is 3. The Morgan fingerprint density at radius 2 is 2.11 bits per heavy atom. The van der Waals surface area contributed by atoms with Crippen LogP contribution in [-0.2, 0) is 13.0 Å². The van der Waals surface area contributed by atoms with Crippen molar-refractivity contribution in [1.82, 2.24) is 15.2 Å². The summed E-state index contributed by atoms with van der Waals surface area (Å²) in [4.78, 5) is 0. The smallest absolute Gasteiger partial charge is 0.123 e. The summed E-state index contributed by atoms with van der Waals surface area (Å²) in [7, 11) is 0. The van der Waals surface area contributed by atoms with E-state index in [4.69, 9.17) is 17.4 Å². The lowest BCUT2D eigenvalue weighted by atomic mass is 10.0. The minimum atomic E-state index is -0.252. The van der Waals surface area contributed by atoms with Gasteiger partial charge in [0.25, 0.3) is 0 Å². The van der Waals surface area contributed by atoms with Gasteiger partial charge in [-0.2, -0.15) is 5.10 Å². The molecule has 1 atom stereocenters. The van der Waals surface area contributed by atoms with E-state index in [1.165, 1.54) is 12.1 Å². The van der Waals surface area contributed by atoms with Gasteiger partial charge in [0.1, 0.15) is 5.82 Å². The largest absolute Gasteiger partial charge is 0.271 e. The third-order valence-corrected chi connectivity index (χ3v) is 3.31. The van der Waals surface area contributed by atoms with E-state index in [0.717, 1.165) is 11.3 Å². The molecular weight excluding hydrogens is 267 g/mol. The van der Waals surface area contributed by atoms with Crippen molar-refractivity contribution in [2.75, 3.05) is 0 Å². The fraction of sp³-hybridized carbons (Fsp3) is 0.308. The standard InChI is InChI=1S/C13H16ClFN4/c1-2-19-13(11(14)8-17-19)12(18-16)7-9-3-5-10(15)6-4-9/h3-6,8,12,18H,2,7,16H2,1H3. The number of rotatable bonds is 5. The van der Waals surface area contributed by atoms with Crippen molar-refractivity contribution >= 4 is 11.6 Å². The molecule has 0 fully saturated rings. The maximum Gasteiger partial charge on any atom is 0.123 e. The molecule has 2 rings (SSSR count). The summed E-state index contributed by atoms with van der Waals surface area (Å²) in [5.74, 6) is 5.36. The Hall–Kier alpha value is -1.43. The van der Waals surface area contributed by atoms with Crippen molar-refractivity contribution in [2.45, 2.75) is 25.9 Å². The monoisotopic (exact) mass is 282 g/mol. The summed E-state index contributed by atoms with van der Waals surface area (Å²) in [6.07, 6.45) is 2.22. The van der Waals surface area contributed by atoms with Gasteiger partial charge in [-0.25, -0.2) is 4.39 Å². The number of halogens is 2. The Bertz CT molecular complexity index is 538. The highest BCUT2D eigenvalue weighted by molar-refractivity contribution is 6.31. The number of benzene rings is 1. The van der Waals surface area contributed by atoms with Crippen molar-refractivity contribution in [1.29, 1.82) is 0 Å². The Morgan fingerprint density at radius 3 is 2.68 bits per heavy atom. The highest BCUT2D eigenvalue weighted by Gasteiger charge is 2.19. The first kappa shape index (κ1) is 14.0. The summed E-state index contributed by atoms with van der Waals surface area (Å²) >= 11 is 6.15. The van der Waals surface area contributed by atoms with Crippen molar-refractivity contribution in [3.05, 3.63) is 52.6 Å². The number of hydrazine groups is 1.